The molecule has 1 fully saturated rings. The maximum absolute atomic E-state index is 12.6. The molecule has 0 bridgehead atoms. The van der Waals surface area contributed by atoms with Crippen molar-refractivity contribution in [2.24, 2.45) is 0 Å². The first-order valence-electron chi connectivity index (χ1n) is 8.95. The minimum Gasteiger partial charge on any atom is -0.445 e. The fraction of sp³-hybridized carbons (Fsp3) is 0.300. The Bertz CT molecular complexity index is 928. The van der Waals surface area contributed by atoms with Crippen LogP contribution in [0.25, 0.3) is 0 Å². The zero-order valence-corrected chi connectivity index (χ0v) is 15.5. The molecule has 0 saturated carbocycles. The number of piperidine rings is 1. The number of amides is 1. The fourth-order valence-electron chi connectivity index (χ4n) is 3.34. The number of aromatic nitrogens is 3. The number of carbonyl (C=O) groups is 1. The molecule has 1 amide bonds. The zero-order valence-electron chi connectivity index (χ0n) is 14.7. The summed E-state index contributed by atoms with van der Waals surface area (Å²) < 4.78 is 5.98. The summed E-state index contributed by atoms with van der Waals surface area (Å²) in [5.41, 5.74) is 1.00. The van der Waals surface area contributed by atoms with Gasteiger partial charge in [-0.15, -0.1) is 0 Å². The number of carbonyl (C=O) groups excluding carboxylic acids is 1. The van der Waals surface area contributed by atoms with Gasteiger partial charge in [0.2, 0.25) is 5.82 Å². The van der Waals surface area contributed by atoms with Crippen molar-refractivity contribution in [3.8, 4) is 0 Å². The Hall–Kier alpha value is -2.73. The molecule has 1 atom stereocenters. The molecule has 0 spiro atoms. The van der Waals surface area contributed by atoms with Gasteiger partial charge in [0.05, 0.1) is 12.1 Å². The molecule has 138 valence electrons. The largest absolute Gasteiger partial charge is 0.445 e. The summed E-state index contributed by atoms with van der Waals surface area (Å²) in [7, 11) is 0. The van der Waals surface area contributed by atoms with Crippen LogP contribution in [0, 0.1) is 0 Å². The van der Waals surface area contributed by atoms with E-state index >= 15 is 0 Å². The normalized spacial score (nSPS) is 17.1. The van der Waals surface area contributed by atoms with Crippen LogP contribution in [-0.4, -0.2) is 38.8 Å². The van der Waals surface area contributed by atoms with Crippen molar-refractivity contribution in [1.29, 1.82) is 0 Å². The van der Waals surface area contributed by atoms with Crippen LogP contribution in [0.1, 0.15) is 46.6 Å². The lowest BCUT2D eigenvalue weighted by Crippen LogP contribution is -2.39. The average Bonchev–Trinajstić information content (AvgIpc) is 3.19. The number of rotatable bonds is 4. The van der Waals surface area contributed by atoms with Gasteiger partial charge in [-0.3, -0.25) is 4.79 Å². The first-order chi connectivity index (χ1) is 13.2. The first-order valence-corrected chi connectivity index (χ1v) is 9.33. The van der Waals surface area contributed by atoms with Gasteiger partial charge in [0.15, 0.2) is 5.89 Å². The Morgan fingerprint density at radius 2 is 2.00 bits per heavy atom. The van der Waals surface area contributed by atoms with E-state index in [0.29, 0.717) is 30.4 Å². The summed E-state index contributed by atoms with van der Waals surface area (Å²) in [5.74, 6) is 1.59. The molecule has 2 aromatic heterocycles. The van der Waals surface area contributed by atoms with Crippen LogP contribution >= 0.6 is 11.6 Å². The van der Waals surface area contributed by atoms with Crippen molar-refractivity contribution >= 4 is 17.5 Å². The SMILES string of the molecule is O=C(c1ncccn1)N1CCCC(c2ncc(Cc3ccccc3Cl)o2)C1. The number of benzene rings is 1. The predicted molar refractivity (Wildman–Crippen MR) is 101 cm³/mol. The lowest BCUT2D eigenvalue weighted by molar-refractivity contribution is 0.0685. The molecule has 1 unspecified atom stereocenters. The van der Waals surface area contributed by atoms with Gasteiger partial charge >= 0.3 is 0 Å². The third-order valence-electron chi connectivity index (χ3n) is 4.71. The number of halogens is 1. The van der Waals surface area contributed by atoms with Crippen molar-refractivity contribution in [1.82, 2.24) is 19.9 Å². The fourth-order valence-corrected chi connectivity index (χ4v) is 3.54. The Kier molecular flexibility index (Phi) is 5.16. The van der Waals surface area contributed by atoms with E-state index in [2.05, 4.69) is 15.0 Å². The van der Waals surface area contributed by atoms with Gasteiger partial charge in [-0.25, -0.2) is 15.0 Å². The highest BCUT2D eigenvalue weighted by Crippen LogP contribution is 2.28. The van der Waals surface area contributed by atoms with Gasteiger partial charge in [0.25, 0.3) is 5.91 Å². The van der Waals surface area contributed by atoms with Crippen LogP contribution in [0.2, 0.25) is 5.02 Å². The van der Waals surface area contributed by atoms with Crippen molar-refractivity contribution in [2.75, 3.05) is 13.1 Å². The molecule has 1 aromatic carbocycles. The minimum absolute atomic E-state index is 0.0754. The lowest BCUT2D eigenvalue weighted by atomic mass is 9.98. The van der Waals surface area contributed by atoms with Crippen molar-refractivity contribution in [3.63, 3.8) is 0 Å². The molecule has 4 rings (SSSR count). The van der Waals surface area contributed by atoms with Gasteiger partial charge in [-0.1, -0.05) is 29.8 Å². The zero-order chi connectivity index (χ0) is 18.6. The van der Waals surface area contributed by atoms with Crippen LogP contribution in [0.5, 0.6) is 0 Å². The Labute approximate surface area is 162 Å². The maximum Gasteiger partial charge on any atom is 0.291 e. The van der Waals surface area contributed by atoms with Gasteiger partial charge in [0, 0.05) is 36.9 Å². The molecule has 3 heterocycles. The van der Waals surface area contributed by atoms with Gasteiger partial charge in [-0.2, -0.15) is 0 Å². The summed E-state index contributed by atoms with van der Waals surface area (Å²) in [6.07, 6.45) is 7.34. The summed E-state index contributed by atoms with van der Waals surface area (Å²) >= 11 is 6.22. The van der Waals surface area contributed by atoms with E-state index in [4.69, 9.17) is 16.0 Å². The van der Waals surface area contributed by atoms with Crippen molar-refractivity contribution in [2.45, 2.75) is 25.2 Å². The molecule has 1 aliphatic heterocycles. The third-order valence-corrected chi connectivity index (χ3v) is 5.08. The molecular formula is C20H19ClN4O2. The Balaban J connectivity index is 1.45. The van der Waals surface area contributed by atoms with E-state index in [-0.39, 0.29) is 17.6 Å². The van der Waals surface area contributed by atoms with Crippen LogP contribution in [0.4, 0.5) is 0 Å². The number of hydrogen-bond acceptors (Lipinski definition) is 5. The first kappa shape index (κ1) is 17.7. The highest BCUT2D eigenvalue weighted by atomic mass is 35.5. The van der Waals surface area contributed by atoms with E-state index in [1.807, 2.05) is 24.3 Å². The summed E-state index contributed by atoms with van der Waals surface area (Å²) in [6, 6.07) is 9.40. The molecule has 0 N–H and O–H groups in total. The summed E-state index contributed by atoms with van der Waals surface area (Å²) in [5, 5.41) is 0.716. The molecule has 1 saturated heterocycles. The number of oxazole rings is 1. The lowest BCUT2D eigenvalue weighted by Gasteiger charge is -2.30. The summed E-state index contributed by atoms with van der Waals surface area (Å²) in [4.78, 5) is 26.9. The predicted octanol–water partition coefficient (Wildman–Crippen LogP) is 3.73. The smallest absolute Gasteiger partial charge is 0.291 e. The number of likely N-dealkylation sites (tertiary alicyclic amines) is 1. The molecule has 27 heavy (non-hydrogen) atoms. The average molecular weight is 383 g/mol. The Morgan fingerprint density at radius 3 is 2.81 bits per heavy atom. The summed E-state index contributed by atoms with van der Waals surface area (Å²) in [6.45, 7) is 1.25. The van der Waals surface area contributed by atoms with Crippen molar-refractivity contribution < 1.29 is 9.21 Å². The Morgan fingerprint density at radius 1 is 1.19 bits per heavy atom. The van der Waals surface area contributed by atoms with Crippen LogP contribution < -0.4 is 0 Å². The number of hydrogen-bond donors (Lipinski definition) is 0. The molecular weight excluding hydrogens is 364 g/mol. The monoisotopic (exact) mass is 382 g/mol. The van der Waals surface area contributed by atoms with Crippen LogP contribution in [0.3, 0.4) is 0 Å². The van der Waals surface area contributed by atoms with Gasteiger partial charge < -0.3 is 9.32 Å². The molecule has 6 nitrogen and oxygen atoms in total. The van der Waals surface area contributed by atoms with Gasteiger partial charge in [0.1, 0.15) is 5.76 Å². The maximum atomic E-state index is 12.6. The topological polar surface area (TPSA) is 72.1 Å². The standard InChI is InChI=1S/C20H19ClN4O2/c21-17-7-2-1-5-14(17)11-16-12-24-19(27-16)15-6-3-10-25(13-15)20(26)18-22-8-4-9-23-18/h1-2,4-5,7-9,12,15H,3,6,10-11,13H2. The molecule has 0 radical (unpaired) electrons. The molecule has 7 heteroatoms. The molecule has 0 aliphatic carbocycles. The highest BCUT2D eigenvalue weighted by Gasteiger charge is 2.29. The number of nitrogens with zero attached hydrogens (tertiary/aromatic N) is 4. The third kappa shape index (κ3) is 4.01. The van der Waals surface area contributed by atoms with E-state index in [0.717, 1.165) is 24.2 Å². The molecule has 1 aliphatic rings. The highest BCUT2D eigenvalue weighted by molar-refractivity contribution is 6.31. The van der Waals surface area contributed by atoms with Crippen molar-refractivity contribution in [3.05, 3.63) is 77.0 Å². The minimum atomic E-state index is -0.150. The molecule has 3 aromatic rings. The van der Waals surface area contributed by atoms with E-state index in [9.17, 15) is 4.79 Å². The van der Waals surface area contributed by atoms with E-state index in [1.165, 1.54) is 0 Å². The van der Waals surface area contributed by atoms with Crippen LogP contribution in [0.15, 0.2) is 53.3 Å². The van der Waals surface area contributed by atoms with Crippen LogP contribution in [-0.2, 0) is 6.42 Å². The second-order valence-electron chi connectivity index (χ2n) is 6.60. The van der Waals surface area contributed by atoms with E-state index in [1.54, 1.807) is 29.6 Å². The quantitative estimate of drug-likeness (QED) is 0.687. The van der Waals surface area contributed by atoms with E-state index < -0.39 is 0 Å². The second-order valence-corrected chi connectivity index (χ2v) is 7.00. The van der Waals surface area contributed by atoms with Gasteiger partial charge in [-0.05, 0) is 30.5 Å². The second kappa shape index (κ2) is 7.88.